The van der Waals surface area contributed by atoms with Gasteiger partial charge in [0.1, 0.15) is 31.5 Å². The van der Waals surface area contributed by atoms with Crippen molar-refractivity contribution in [2.45, 2.75) is 83.6 Å². The zero-order valence-corrected chi connectivity index (χ0v) is 20.9. The number of hydrogen-bond acceptors (Lipinski definition) is 14. The van der Waals surface area contributed by atoms with Crippen molar-refractivity contribution in [1.82, 2.24) is 0 Å². The second-order valence-electron chi connectivity index (χ2n) is 8.08. The summed E-state index contributed by atoms with van der Waals surface area (Å²) in [4.78, 5) is 58.5. The molecule has 2 heterocycles. The Morgan fingerprint density at radius 2 is 1.22 bits per heavy atom. The smallest absolute Gasteiger partial charge is 0.303 e. The van der Waals surface area contributed by atoms with Gasteiger partial charge in [0.05, 0.1) is 6.07 Å². The number of hydrogen-bond donors (Lipinski definition) is 0. The topological polar surface area (TPSA) is 183 Å². The van der Waals surface area contributed by atoms with E-state index in [0.717, 1.165) is 27.7 Å². The number of esters is 5. The molecule has 0 saturated carbocycles. The first kappa shape index (κ1) is 29.7. The van der Waals surface area contributed by atoms with E-state index in [-0.39, 0.29) is 6.61 Å². The molecule has 1 fully saturated rings. The van der Waals surface area contributed by atoms with Crippen molar-refractivity contribution in [2.24, 2.45) is 0 Å². The average molecular weight is 527 g/mol. The van der Waals surface area contributed by atoms with E-state index < -0.39 is 85.5 Å². The maximum absolute atomic E-state index is 11.9. The van der Waals surface area contributed by atoms with Crippen molar-refractivity contribution in [3.63, 3.8) is 0 Å². The lowest BCUT2D eigenvalue weighted by Crippen LogP contribution is -2.63. The summed E-state index contributed by atoms with van der Waals surface area (Å²) in [5.74, 6) is -3.63. The summed E-state index contributed by atoms with van der Waals surface area (Å²) in [5, 5.41) is 9.21. The highest BCUT2D eigenvalue weighted by Gasteiger charge is 2.53. The zero-order chi connectivity index (χ0) is 27.7. The van der Waals surface area contributed by atoms with Gasteiger partial charge in [-0.1, -0.05) is 6.08 Å². The number of ether oxygens (including phenoxy) is 8. The van der Waals surface area contributed by atoms with Gasteiger partial charge in [-0.25, -0.2) is 0 Å². The summed E-state index contributed by atoms with van der Waals surface area (Å²) in [5.41, 5.74) is 0. The number of carbonyl (C=O) groups is 5. The predicted molar refractivity (Wildman–Crippen MR) is 117 cm³/mol. The van der Waals surface area contributed by atoms with Crippen molar-refractivity contribution in [2.75, 3.05) is 13.2 Å². The Balaban J connectivity index is 2.44. The van der Waals surface area contributed by atoms with Crippen LogP contribution < -0.4 is 0 Å². The number of rotatable bonds is 9. The summed E-state index contributed by atoms with van der Waals surface area (Å²) in [7, 11) is 0. The molecule has 2 aliphatic rings. The van der Waals surface area contributed by atoms with Crippen LogP contribution in [0.15, 0.2) is 12.2 Å². The molecule has 0 radical (unpaired) electrons. The molecule has 0 aromatic rings. The van der Waals surface area contributed by atoms with Crippen LogP contribution in [0.2, 0.25) is 0 Å². The molecule has 0 aliphatic carbocycles. The minimum Gasteiger partial charge on any atom is -0.463 e. The quantitative estimate of drug-likeness (QED) is 0.219. The summed E-state index contributed by atoms with van der Waals surface area (Å²) < 4.78 is 43.5. The lowest BCUT2D eigenvalue weighted by molar-refractivity contribution is -0.320. The number of carbonyl (C=O) groups excluding carboxylic acids is 5. The highest BCUT2D eigenvalue weighted by Crippen LogP contribution is 2.32. The van der Waals surface area contributed by atoms with Gasteiger partial charge in [-0.15, -0.1) is 0 Å². The van der Waals surface area contributed by atoms with Gasteiger partial charge in [0.2, 0.25) is 0 Å². The van der Waals surface area contributed by atoms with Gasteiger partial charge in [0.25, 0.3) is 0 Å². The van der Waals surface area contributed by atoms with Crippen molar-refractivity contribution < 1.29 is 61.9 Å². The van der Waals surface area contributed by atoms with Crippen LogP contribution in [0.25, 0.3) is 0 Å². The molecule has 2 aliphatic heterocycles. The minimum absolute atomic E-state index is 0.284. The maximum atomic E-state index is 11.9. The van der Waals surface area contributed by atoms with E-state index in [1.807, 2.05) is 6.07 Å². The molecule has 0 spiro atoms. The summed E-state index contributed by atoms with van der Waals surface area (Å²) in [6.07, 6.45) is -6.93. The molecule has 0 N–H and O–H groups in total. The average Bonchev–Trinajstić information content (AvgIpc) is 2.79. The van der Waals surface area contributed by atoms with E-state index in [9.17, 15) is 29.2 Å². The van der Waals surface area contributed by atoms with E-state index in [4.69, 9.17) is 37.9 Å². The normalized spacial score (nSPS) is 30.8. The second kappa shape index (κ2) is 13.7. The summed E-state index contributed by atoms with van der Waals surface area (Å²) in [6.45, 7) is 4.92. The van der Waals surface area contributed by atoms with Crippen LogP contribution in [0.3, 0.4) is 0 Å². The largest absolute Gasteiger partial charge is 0.463 e. The third-order valence-corrected chi connectivity index (χ3v) is 4.98. The van der Waals surface area contributed by atoms with Crippen molar-refractivity contribution in [3.8, 4) is 6.07 Å². The first-order valence-corrected chi connectivity index (χ1v) is 11.2. The van der Waals surface area contributed by atoms with Gasteiger partial charge in [-0.2, -0.15) is 5.26 Å². The minimum atomic E-state index is -1.47. The van der Waals surface area contributed by atoms with E-state index in [1.165, 1.54) is 19.1 Å². The van der Waals surface area contributed by atoms with Crippen LogP contribution in [0.4, 0.5) is 0 Å². The molecule has 204 valence electrons. The fourth-order valence-electron chi connectivity index (χ4n) is 3.64. The highest BCUT2D eigenvalue weighted by atomic mass is 16.7. The van der Waals surface area contributed by atoms with Crippen molar-refractivity contribution in [1.29, 1.82) is 5.26 Å². The van der Waals surface area contributed by atoms with Crippen LogP contribution in [0.1, 0.15) is 34.6 Å². The standard InChI is InChI=1S/C23H29NO13/c1-11(25)30-9-18-17(7-6-16(8-24)35-18)36-23-22(34-15(5)29)21(33-14(4)28)20(32-13(3)27)19(37-23)10-31-12(2)26/h6-7,16-23H,9-10H2,1-5H3/t16-,17+,18-,19-,20+,21+,22-,23-/m1/s1. The highest BCUT2D eigenvalue weighted by molar-refractivity contribution is 5.68. The Morgan fingerprint density at radius 3 is 1.73 bits per heavy atom. The molecule has 0 bridgehead atoms. The van der Waals surface area contributed by atoms with Crippen LogP contribution in [0, 0.1) is 11.3 Å². The molecular formula is C23H29NO13. The van der Waals surface area contributed by atoms with Crippen LogP contribution >= 0.6 is 0 Å². The molecule has 0 unspecified atom stereocenters. The van der Waals surface area contributed by atoms with Gasteiger partial charge in [-0.3, -0.25) is 24.0 Å². The molecule has 8 atom stereocenters. The molecule has 14 nitrogen and oxygen atoms in total. The molecule has 0 aromatic heterocycles. The zero-order valence-electron chi connectivity index (χ0n) is 20.9. The molecule has 2 rings (SSSR count). The van der Waals surface area contributed by atoms with Gasteiger partial charge in [0, 0.05) is 34.6 Å². The number of nitrogens with zero attached hydrogens (tertiary/aromatic N) is 1. The third kappa shape index (κ3) is 9.12. The first-order chi connectivity index (χ1) is 17.4. The fraction of sp³-hybridized carbons (Fsp3) is 0.652. The molecule has 14 heteroatoms. The van der Waals surface area contributed by atoms with E-state index >= 15 is 0 Å². The molecule has 0 aromatic carbocycles. The lowest BCUT2D eigenvalue weighted by atomic mass is 9.97. The monoisotopic (exact) mass is 527 g/mol. The molecule has 0 amide bonds. The first-order valence-electron chi connectivity index (χ1n) is 11.2. The number of nitriles is 1. The molecular weight excluding hydrogens is 498 g/mol. The van der Waals surface area contributed by atoms with E-state index in [1.54, 1.807) is 0 Å². The van der Waals surface area contributed by atoms with Crippen molar-refractivity contribution in [3.05, 3.63) is 12.2 Å². The van der Waals surface area contributed by atoms with E-state index in [2.05, 4.69) is 0 Å². The summed E-state index contributed by atoms with van der Waals surface area (Å²) in [6, 6.07) is 1.91. The maximum Gasteiger partial charge on any atom is 0.303 e. The van der Waals surface area contributed by atoms with Gasteiger partial charge >= 0.3 is 29.8 Å². The van der Waals surface area contributed by atoms with Crippen molar-refractivity contribution >= 4 is 29.8 Å². The Hall–Kier alpha value is -3.54. The predicted octanol–water partition coefficient (Wildman–Crippen LogP) is -0.135. The SMILES string of the molecule is CC(=O)OC[C@H]1O[C@@H](O[C@H]2C=C[C@H](C#N)O[C@@H]2COC(C)=O)[C@H](OC(C)=O)[C@@H](OC(C)=O)[C@H]1OC(C)=O. The van der Waals surface area contributed by atoms with Crippen LogP contribution in [-0.2, 0) is 61.9 Å². The molecule has 1 saturated heterocycles. The van der Waals surface area contributed by atoms with E-state index in [0.29, 0.717) is 0 Å². The van der Waals surface area contributed by atoms with Gasteiger partial charge < -0.3 is 37.9 Å². The van der Waals surface area contributed by atoms with Gasteiger partial charge in [-0.05, 0) is 6.08 Å². The van der Waals surface area contributed by atoms with Crippen LogP contribution in [0.5, 0.6) is 0 Å². The fourth-order valence-corrected chi connectivity index (χ4v) is 3.64. The van der Waals surface area contributed by atoms with Gasteiger partial charge in [0.15, 0.2) is 30.7 Å². The lowest BCUT2D eigenvalue weighted by Gasteiger charge is -2.45. The Bertz CT molecular complexity index is 941. The Kier molecular flexibility index (Phi) is 11.0. The molecule has 37 heavy (non-hydrogen) atoms. The Labute approximate surface area is 212 Å². The second-order valence-corrected chi connectivity index (χ2v) is 8.08. The Morgan fingerprint density at radius 1 is 0.703 bits per heavy atom. The van der Waals surface area contributed by atoms with Crippen LogP contribution in [-0.4, -0.2) is 92.1 Å². The summed E-state index contributed by atoms with van der Waals surface area (Å²) >= 11 is 0. The third-order valence-electron chi connectivity index (χ3n) is 4.98.